The average molecular weight is 391 g/mol. The third-order valence-corrected chi connectivity index (χ3v) is 4.13. The Balaban J connectivity index is 1.24. The van der Waals surface area contributed by atoms with Crippen molar-refractivity contribution in [3.63, 3.8) is 0 Å². The summed E-state index contributed by atoms with van der Waals surface area (Å²) in [7, 11) is 0. The van der Waals surface area contributed by atoms with Crippen molar-refractivity contribution < 1.29 is 23.8 Å². The summed E-state index contributed by atoms with van der Waals surface area (Å²) in [5.41, 5.74) is 2.87. The van der Waals surface area contributed by atoms with Crippen molar-refractivity contribution in [3.05, 3.63) is 66.0 Å². The third-order valence-electron chi connectivity index (χ3n) is 4.13. The van der Waals surface area contributed by atoms with Crippen molar-refractivity contribution >= 4 is 29.0 Å². The molecule has 1 aromatic heterocycles. The van der Waals surface area contributed by atoms with Crippen LogP contribution in [0.2, 0.25) is 0 Å². The van der Waals surface area contributed by atoms with E-state index < -0.39 is 11.9 Å². The van der Waals surface area contributed by atoms with Crippen LogP contribution in [-0.4, -0.2) is 35.2 Å². The van der Waals surface area contributed by atoms with Crippen LogP contribution in [0.3, 0.4) is 0 Å². The molecule has 2 heterocycles. The first kappa shape index (κ1) is 18.4. The molecule has 146 valence electrons. The van der Waals surface area contributed by atoms with Crippen LogP contribution in [0.15, 0.2) is 54.7 Å². The molecule has 1 amide bonds. The van der Waals surface area contributed by atoms with E-state index in [9.17, 15) is 9.59 Å². The van der Waals surface area contributed by atoms with E-state index in [0.717, 1.165) is 16.6 Å². The molecule has 4 rings (SSSR count). The molecule has 0 unspecified atom stereocenters. The summed E-state index contributed by atoms with van der Waals surface area (Å²) < 4.78 is 15.5. The Kier molecular flexibility index (Phi) is 5.33. The van der Waals surface area contributed by atoms with Crippen molar-refractivity contribution in [3.8, 4) is 11.5 Å². The van der Waals surface area contributed by atoms with E-state index >= 15 is 0 Å². The number of esters is 1. The predicted octanol–water partition coefficient (Wildman–Crippen LogP) is 2.23. The number of nitrogens with one attached hydrogen (secondary N) is 1. The molecule has 1 aliphatic heterocycles. The fourth-order valence-corrected chi connectivity index (χ4v) is 2.69. The molecule has 0 saturated carbocycles. The number of carbonyl (C=O) groups is 2. The van der Waals surface area contributed by atoms with E-state index in [4.69, 9.17) is 14.2 Å². The Bertz CT molecular complexity index is 1100. The molecule has 0 fully saturated rings. The number of hydrogen-bond acceptors (Lipinski definition) is 7. The van der Waals surface area contributed by atoms with E-state index in [2.05, 4.69) is 15.3 Å². The summed E-state index contributed by atoms with van der Waals surface area (Å²) in [5.74, 6) is 0.273. The number of ether oxygens (including phenoxy) is 3. The lowest BCUT2D eigenvalue weighted by Crippen LogP contribution is -2.28. The quantitative estimate of drug-likeness (QED) is 0.508. The molecule has 8 nitrogen and oxygen atoms in total. The van der Waals surface area contributed by atoms with E-state index in [1.165, 1.54) is 12.2 Å². The van der Waals surface area contributed by atoms with Gasteiger partial charge < -0.3 is 19.5 Å². The number of para-hydroxylation sites is 2. The highest BCUT2D eigenvalue weighted by atomic mass is 16.7. The Morgan fingerprint density at radius 1 is 1.10 bits per heavy atom. The van der Waals surface area contributed by atoms with Crippen molar-refractivity contribution in [1.29, 1.82) is 0 Å². The molecule has 0 saturated heterocycles. The second kappa shape index (κ2) is 8.39. The van der Waals surface area contributed by atoms with Crippen LogP contribution in [-0.2, 0) is 20.9 Å². The van der Waals surface area contributed by atoms with Gasteiger partial charge in [-0.15, -0.1) is 0 Å². The Morgan fingerprint density at radius 2 is 1.93 bits per heavy atom. The molecule has 0 radical (unpaired) electrons. The molecular weight excluding hydrogens is 374 g/mol. The molecule has 2 aromatic carbocycles. The second-order valence-electron chi connectivity index (χ2n) is 6.19. The van der Waals surface area contributed by atoms with Crippen LogP contribution in [0.4, 0.5) is 0 Å². The zero-order chi connectivity index (χ0) is 20.1. The Hall–Kier alpha value is -3.94. The highest BCUT2D eigenvalue weighted by Gasteiger charge is 2.13. The fourth-order valence-electron chi connectivity index (χ4n) is 2.69. The summed E-state index contributed by atoms with van der Waals surface area (Å²) in [6, 6.07) is 12.8. The first-order valence-electron chi connectivity index (χ1n) is 8.89. The zero-order valence-electron chi connectivity index (χ0n) is 15.3. The van der Waals surface area contributed by atoms with Gasteiger partial charge in [-0.25, -0.2) is 9.78 Å². The molecule has 0 aliphatic carbocycles. The summed E-state index contributed by atoms with van der Waals surface area (Å²) in [6.07, 6.45) is 4.26. The van der Waals surface area contributed by atoms with Gasteiger partial charge in [0.1, 0.15) is 0 Å². The van der Waals surface area contributed by atoms with E-state index in [1.807, 2.05) is 30.3 Å². The number of amides is 1. The topological polar surface area (TPSA) is 99.6 Å². The molecule has 0 atom stereocenters. The van der Waals surface area contributed by atoms with Crippen molar-refractivity contribution in [2.75, 3.05) is 13.4 Å². The lowest BCUT2D eigenvalue weighted by molar-refractivity contribution is -0.143. The highest BCUT2D eigenvalue weighted by Crippen LogP contribution is 2.32. The second-order valence-corrected chi connectivity index (χ2v) is 6.19. The van der Waals surface area contributed by atoms with Gasteiger partial charge >= 0.3 is 5.97 Å². The maximum Gasteiger partial charge on any atom is 0.331 e. The van der Waals surface area contributed by atoms with E-state index in [0.29, 0.717) is 17.2 Å². The van der Waals surface area contributed by atoms with Gasteiger partial charge in [0.15, 0.2) is 18.1 Å². The maximum atomic E-state index is 11.9. The number of nitrogens with zero attached hydrogens (tertiary/aromatic N) is 2. The summed E-state index contributed by atoms with van der Waals surface area (Å²) in [4.78, 5) is 32.3. The SMILES string of the molecule is O=C(COC(=O)/C=C\c1cnc2ccccc2n1)NCc1ccc2c(c1)OCO2. The first-order valence-corrected chi connectivity index (χ1v) is 8.89. The van der Waals surface area contributed by atoms with Crippen LogP contribution in [0, 0.1) is 0 Å². The summed E-state index contributed by atoms with van der Waals surface area (Å²) >= 11 is 0. The van der Waals surface area contributed by atoms with Crippen molar-refractivity contribution in [1.82, 2.24) is 15.3 Å². The third kappa shape index (κ3) is 4.67. The van der Waals surface area contributed by atoms with Gasteiger partial charge in [0.05, 0.1) is 22.9 Å². The monoisotopic (exact) mass is 391 g/mol. The van der Waals surface area contributed by atoms with Gasteiger partial charge in [-0.05, 0) is 35.9 Å². The van der Waals surface area contributed by atoms with E-state index in [-0.39, 0.29) is 19.9 Å². The number of carbonyl (C=O) groups excluding carboxylic acids is 2. The van der Waals surface area contributed by atoms with E-state index in [1.54, 1.807) is 18.3 Å². The average Bonchev–Trinajstić information content (AvgIpc) is 3.22. The first-order chi connectivity index (χ1) is 14.2. The highest BCUT2D eigenvalue weighted by molar-refractivity contribution is 5.89. The van der Waals surface area contributed by atoms with Crippen LogP contribution < -0.4 is 14.8 Å². The van der Waals surface area contributed by atoms with Gasteiger partial charge in [0.2, 0.25) is 6.79 Å². The lowest BCUT2D eigenvalue weighted by Gasteiger charge is -2.06. The van der Waals surface area contributed by atoms with Crippen LogP contribution >= 0.6 is 0 Å². The smallest absolute Gasteiger partial charge is 0.331 e. The zero-order valence-corrected chi connectivity index (χ0v) is 15.3. The predicted molar refractivity (Wildman–Crippen MR) is 104 cm³/mol. The molecule has 0 bridgehead atoms. The van der Waals surface area contributed by atoms with Gasteiger partial charge in [-0.3, -0.25) is 9.78 Å². The van der Waals surface area contributed by atoms with Crippen molar-refractivity contribution in [2.24, 2.45) is 0 Å². The van der Waals surface area contributed by atoms with Crippen LogP contribution in [0.5, 0.6) is 11.5 Å². The standard InChI is InChI=1S/C21H17N3O5/c25-20(23-10-14-5-7-18-19(9-14)29-13-28-18)12-27-21(26)8-6-15-11-22-16-3-1-2-4-17(16)24-15/h1-9,11H,10,12-13H2,(H,23,25)/b8-6-. The van der Waals surface area contributed by atoms with Crippen LogP contribution in [0.25, 0.3) is 17.1 Å². The molecule has 29 heavy (non-hydrogen) atoms. The molecule has 8 heteroatoms. The maximum absolute atomic E-state index is 11.9. The Morgan fingerprint density at radius 3 is 2.83 bits per heavy atom. The minimum Gasteiger partial charge on any atom is -0.454 e. The summed E-state index contributed by atoms with van der Waals surface area (Å²) in [5, 5.41) is 2.68. The van der Waals surface area contributed by atoms with Crippen LogP contribution in [0.1, 0.15) is 11.3 Å². The molecule has 3 aromatic rings. The fraction of sp³-hybridized carbons (Fsp3) is 0.143. The number of benzene rings is 2. The minimum absolute atomic E-state index is 0.194. The molecule has 0 spiro atoms. The Labute approximate surface area is 166 Å². The normalized spacial score (nSPS) is 12.3. The number of aromatic nitrogens is 2. The molecule has 1 N–H and O–H groups in total. The van der Waals surface area contributed by atoms with Gasteiger partial charge in [0, 0.05) is 12.6 Å². The number of rotatable bonds is 6. The van der Waals surface area contributed by atoms with Gasteiger partial charge in [-0.1, -0.05) is 18.2 Å². The molecule has 1 aliphatic rings. The number of fused-ring (bicyclic) bond motifs is 2. The molecular formula is C21H17N3O5. The lowest BCUT2D eigenvalue weighted by atomic mass is 10.2. The largest absolute Gasteiger partial charge is 0.454 e. The van der Waals surface area contributed by atoms with Gasteiger partial charge in [-0.2, -0.15) is 0 Å². The van der Waals surface area contributed by atoms with Crippen molar-refractivity contribution in [2.45, 2.75) is 6.54 Å². The van der Waals surface area contributed by atoms with Gasteiger partial charge in [0.25, 0.3) is 5.91 Å². The summed E-state index contributed by atoms with van der Waals surface area (Å²) in [6.45, 7) is 0.103. The number of hydrogen-bond donors (Lipinski definition) is 1. The minimum atomic E-state index is -0.641.